The number of aryl methyl sites for hydroxylation is 1. The lowest BCUT2D eigenvalue weighted by Gasteiger charge is -2.14. The lowest BCUT2D eigenvalue weighted by molar-refractivity contribution is 0.0697. The van der Waals surface area contributed by atoms with E-state index in [9.17, 15) is 4.79 Å². The van der Waals surface area contributed by atoms with E-state index in [2.05, 4.69) is 10.3 Å². The summed E-state index contributed by atoms with van der Waals surface area (Å²) in [6.07, 6.45) is 0. The SMILES string of the molecule is Cc1csc(C(C)Nc2ccc(C(=O)O)cc2Cl)n1. The Morgan fingerprint density at radius 3 is 2.79 bits per heavy atom. The van der Waals surface area contributed by atoms with Gasteiger partial charge in [-0.3, -0.25) is 0 Å². The van der Waals surface area contributed by atoms with Gasteiger partial charge in [-0.1, -0.05) is 11.6 Å². The summed E-state index contributed by atoms with van der Waals surface area (Å²) >= 11 is 7.65. The van der Waals surface area contributed by atoms with Crippen LogP contribution in [0.1, 0.15) is 34.0 Å². The van der Waals surface area contributed by atoms with E-state index in [-0.39, 0.29) is 11.6 Å². The third-order valence-electron chi connectivity index (χ3n) is 2.60. The predicted octanol–water partition coefficient (Wildman–Crippen LogP) is 3.98. The molecule has 0 aliphatic rings. The number of nitrogens with zero attached hydrogens (tertiary/aromatic N) is 1. The molecule has 2 N–H and O–H groups in total. The number of thiazole rings is 1. The molecule has 6 heteroatoms. The molecule has 0 saturated heterocycles. The molecule has 1 aromatic carbocycles. The van der Waals surface area contributed by atoms with Crippen LogP contribution in [0.2, 0.25) is 5.02 Å². The molecule has 1 unspecified atom stereocenters. The maximum absolute atomic E-state index is 10.8. The van der Waals surface area contributed by atoms with E-state index in [0.29, 0.717) is 10.7 Å². The molecule has 0 fully saturated rings. The van der Waals surface area contributed by atoms with Crippen molar-refractivity contribution in [2.45, 2.75) is 19.9 Å². The highest BCUT2D eigenvalue weighted by Gasteiger charge is 2.12. The molecule has 0 aliphatic carbocycles. The Bertz CT molecular complexity index is 612. The van der Waals surface area contributed by atoms with Crippen LogP contribution in [0.3, 0.4) is 0 Å². The van der Waals surface area contributed by atoms with Crippen molar-refractivity contribution in [2.75, 3.05) is 5.32 Å². The lowest BCUT2D eigenvalue weighted by Crippen LogP contribution is -2.07. The Labute approximate surface area is 120 Å². The van der Waals surface area contributed by atoms with E-state index >= 15 is 0 Å². The first-order valence-electron chi connectivity index (χ1n) is 5.69. The molecule has 2 aromatic rings. The Balaban J connectivity index is 2.17. The van der Waals surface area contributed by atoms with Crippen molar-refractivity contribution in [3.05, 3.63) is 44.9 Å². The molecule has 2 rings (SSSR count). The minimum atomic E-state index is -0.989. The molecule has 1 atom stereocenters. The van der Waals surface area contributed by atoms with Gasteiger partial charge in [0.25, 0.3) is 0 Å². The molecular weight excluding hydrogens is 284 g/mol. The van der Waals surface area contributed by atoms with Gasteiger partial charge in [0.2, 0.25) is 0 Å². The molecular formula is C13H13ClN2O2S. The molecule has 0 radical (unpaired) electrons. The highest BCUT2D eigenvalue weighted by molar-refractivity contribution is 7.09. The van der Waals surface area contributed by atoms with Crippen LogP contribution in [0.25, 0.3) is 0 Å². The van der Waals surface area contributed by atoms with Gasteiger partial charge in [-0.15, -0.1) is 11.3 Å². The molecule has 0 amide bonds. The second-order valence-corrected chi connectivity index (χ2v) is 5.49. The van der Waals surface area contributed by atoms with Crippen LogP contribution in [0.5, 0.6) is 0 Å². The lowest BCUT2D eigenvalue weighted by atomic mass is 10.2. The van der Waals surface area contributed by atoms with E-state index in [4.69, 9.17) is 16.7 Å². The number of hydrogen-bond donors (Lipinski definition) is 2. The average Bonchev–Trinajstić information content (AvgIpc) is 2.78. The number of nitrogens with one attached hydrogen (secondary N) is 1. The molecule has 0 bridgehead atoms. The summed E-state index contributed by atoms with van der Waals surface area (Å²) in [7, 11) is 0. The fraction of sp³-hybridized carbons (Fsp3) is 0.231. The Morgan fingerprint density at radius 1 is 1.53 bits per heavy atom. The van der Waals surface area contributed by atoms with Crippen LogP contribution in [0, 0.1) is 6.92 Å². The molecule has 4 nitrogen and oxygen atoms in total. The van der Waals surface area contributed by atoms with Gasteiger partial charge in [0.1, 0.15) is 5.01 Å². The number of aromatic nitrogens is 1. The standard InChI is InChI=1S/C13H13ClN2O2S/c1-7-6-19-12(15-7)8(2)16-11-4-3-9(13(17)18)5-10(11)14/h3-6,8,16H,1-2H3,(H,17,18). The third kappa shape index (κ3) is 3.24. The third-order valence-corrected chi connectivity index (χ3v) is 4.05. The first kappa shape index (κ1) is 13.8. The Hall–Kier alpha value is -1.59. The molecule has 1 heterocycles. The molecule has 0 aliphatic heterocycles. The van der Waals surface area contributed by atoms with E-state index in [1.165, 1.54) is 12.1 Å². The largest absolute Gasteiger partial charge is 0.478 e. The minimum absolute atomic E-state index is 0.0203. The number of hydrogen-bond acceptors (Lipinski definition) is 4. The molecule has 0 spiro atoms. The number of benzene rings is 1. The molecule has 0 saturated carbocycles. The van der Waals surface area contributed by atoms with Crippen molar-refractivity contribution >= 4 is 34.6 Å². The van der Waals surface area contributed by atoms with Crippen LogP contribution in [-0.2, 0) is 0 Å². The van der Waals surface area contributed by atoms with Crippen LogP contribution in [-0.4, -0.2) is 16.1 Å². The zero-order valence-corrected chi connectivity index (χ0v) is 12.0. The predicted molar refractivity (Wildman–Crippen MR) is 77.3 cm³/mol. The van der Waals surface area contributed by atoms with Crippen LogP contribution in [0.4, 0.5) is 5.69 Å². The van der Waals surface area contributed by atoms with Crippen molar-refractivity contribution in [1.82, 2.24) is 4.98 Å². The smallest absolute Gasteiger partial charge is 0.335 e. The minimum Gasteiger partial charge on any atom is -0.478 e. The van der Waals surface area contributed by atoms with Crippen molar-refractivity contribution < 1.29 is 9.90 Å². The number of anilines is 1. The van der Waals surface area contributed by atoms with Gasteiger partial charge in [0, 0.05) is 11.1 Å². The van der Waals surface area contributed by atoms with Crippen molar-refractivity contribution in [3.8, 4) is 0 Å². The summed E-state index contributed by atoms with van der Waals surface area (Å²) in [5.41, 5.74) is 1.86. The number of carbonyl (C=O) groups is 1. The summed E-state index contributed by atoms with van der Waals surface area (Å²) in [5.74, 6) is -0.989. The monoisotopic (exact) mass is 296 g/mol. The zero-order chi connectivity index (χ0) is 14.0. The quantitative estimate of drug-likeness (QED) is 0.896. The topological polar surface area (TPSA) is 62.2 Å². The van der Waals surface area contributed by atoms with Gasteiger partial charge >= 0.3 is 5.97 Å². The highest BCUT2D eigenvalue weighted by atomic mass is 35.5. The fourth-order valence-electron chi connectivity index (χ4n) is 1.63. The summed E-state index contributed by atoms with van der Waals surface area (Å²) < 4.78 is 0. The van der Waals surface area contributed by atoms with Gasteiger partial charge in [-0.25, -0.2) is 9.78 Å². The molecule has 19 heavy (non-hydrogen) atoms. The molecule has 100 valence electrons. The Kier molecular flexibility index (Phi) is 4.07. The van der Waals surface area contributed by atoms with Crippen LogP contribution < -0.4 is 5.32 Å². The summed E-state index contributed by atoms with van der Waals surface area (Å²) in [5, 5.41) is 15.5. The van der Waals surface area contributed by atoms with E-state index in [1.54, 1.807) is 17.4 Å². The van der Waals surface area contributed by atoms with Gasteiger partial charge < -0.3 is 10.4 Å². The van der Waals surface area contributed by atoms with E-state index < -0.39 is 5.97 Å². The molecule has 1 aromatic heterocycles. The second-order valence-electron chi connectivity index (χ2n) is 4.19. The first-order chi connectivity index (χ1) is 8.97. The number of rotatable bonds is 4. The van der Waals surface area contributed by atoms with Crippen molar-refractivity contribution in [2.24, 2.45) is 0 Å². The number of halogens is 1. The van der Waals surface area contributed by atoms with Crippen molar-refractivity contribution in [1.29, 1.82) is 0 Å². The summed E-state index contributed by atoms with van der Waals surface area (Å²) in [4.78, 5) is 15.2. The fourth-order valence-corrected chi connectivity index (χ4v) is 2.67. The van der Waals surface area contributed by atoms with Gasteiger partial charge in [-0.2, -0.15) is 0 Å². The Morgan fingerprint density at radius 2 is 2.26 bits per heavy atom. The normalized spacial score (nSPS) is 12.2. The van der Waals surface area contributed by atoms with Crippen LogP contribution >= 0.6 is 22.9 Å². The summed E-state index contributed by atoms with van der Waals surface area (Å²) in [6.45, 7) is 3.93. The van der Waals surface area contributed by atoms with Gasteiger partial charge in [0.15, 0.2) is 0 Å². The summed E-state index contributed by atoms with van der Waals surface area (Å²) in [6, 6.07) is 4.65. The van der Waals surface area contributed by atoms with Gasteiger partial charge in [-0.05, 0) is 32.0 Å². The first-order valence-corrected chi connectivity index (χ1v) is 6.94. The van der Waals surface area contributed by atoms with Crippen LogP contribution in [0.15, 0.2) is 23.6 Å². The second kappa shape index (κ2) is 5.59. The number of carboxylic acid groups (broad SMARTS) is 1. The highest BCUT2D eigenvalue weighted by Crippen LogP contribution is 2.28. The number of carboxylic acids is 1. The zero-order valence-electron chi connectivity index (χ0n) is 10.5. The van der Waals surface area contributed by atoms with Gasteiger partial charge in [0.05, 0.1) is 22.3 Å². The van der Waals surface area contributed by atoms with E-state index in [1.807, 2.05) is 19.2 Å². The van der Waals surface area contributed by atoms with Crippen molar-refractivity contribution in [3.63, 3.8) is 0 Å². The number of aromatic carboxylic acids is 1. The maximum atomic E-state index is 10.8. The maximum Gasteiger partial charge on any atom is 0.335 e. The average molecular weight is 297 g/mol. The van der Waals surface area contributed by atoms with E-state index in [0.717, 1.165) is 10.7 Å².